The van der Waals surface area contributed by atoms with Gasteiger partial charge in [0, 0.05) is 0 Å². The van der Waals surface area contributed by atoms with Crippen LogP contribution >= 0.6 is 24.8 Å². The van der Waals surface area contributed by atoms with Gasteiger partial charge in [0.15, 0.2) is 0 Å². The SMILES string of the molecule is CCCCc1ccc([NH][Hf]([CH3])([CH3])([CH3])([CH3])([C]2=CC=CC2)[SiH](C)C)cc1.Cl.Cl. The summed E-state index contributed by atoms with van der Waals surface area (Å²) < 4.78 is 16.5. The van der Waals surface area contributed by atoms with E-state index in [1.54, 1.807) is 3.33 Å². The van der Waals surface area contributed by atoms with Gasteiger partial charge in [0.2, 0.25) is 0 Å². The molecule has 5 heteroatoms. The molecule has 1 aliphatic carbocycles. The van der Waals surface area contributed by atoms with Gasteiger partial charge in [0.25, 0.3) is 0 Å². The fourth-order valence-electron chi connectivity index (χ4n) is 3.85. The minimum atomic E-state index is -4.29. The zero-order valence-electron chi connectivity index (χ0n) is 17.8. The van der Waals surface area contributed by atoms with E-state index >= 15 is 0 Å². The Hall–Kier alpha value is 0.167. The summed E-state index contributed by atoms with van der Waals surface area (Å²) in [6, 6.07) is 9.28. The Labute approximate surface area is 169 Å². The van der Waals surface area contributed by atoms with Crippen LogP contribution in [0, 0.1) is 0 Å². The van der Waals surface area contributed by atoms with E-state index in [0.29, 0.717) is 0 Å². The maximum absolute atomic E-state index is 4.29. The predicted molar refractivity (Wildman–Crippen MR) is 127 cm³/mol. The van der Waals surface area contributed by atoms with Gasteiger partial charge in [-0.25, -0.2) is 0 Å². The van der Waals surface area contributed by atoms with Crippen molar-refractivity contribution in [2.75, 3.05) is 3.30 Å². The van der Waals surface area contributed by atoms with Gasteiger partial charge in [0.05, 0.1) is 0 Å². The zero-order valence-corrected chi connectivity index (χ0v) is 24.1. The maximum atomic E-state index is 4.26. The van der Waals surface area contributed by atoms with Gasteiger partial charge in [0.1, 0.15) is 0 Å². The summed E-state index contributed by atoms with van der Waals surface area (Å²) in [5.74, 6) is -1.02. The van der Waals surface area contributed by atoms with Gasteiger partial charge < -0.3 is 0 Å². The number of nitrogens with one attached hydrogen (secondary N) is 1. The van der Waals surface area contributed by atoms with Crippen LogP contribution in [0.25, 0.3) is 0 Å². The van der Waals surface area contributed by atoms with Crippen LogP contribution < -0.4 is 3.30 Å². The molecule has 0 spiro atoms. The maximum Gasteiger partial charge on any atom is -0.147 e. The molecule has 1 nitrogen and oxygen atoms in total. The molecule has 0 saturated carbocycles. The second kappa shape index (κ2) is 7.21. The van der Waals surface area contributed by atoms with Gasteiger partial charge in [-0.3, -0.25) is 0 Å². The fraction of sp³-hybridized carbons (Fsp3) is 0.524. The van der Waals surface area contributed by atoms with Crippen LogP contribution in [0.4, 0.5) is 5.69 Å². The van der Waals surface area contributed by atoms with Crippen molar-refractivity contribution in [3.05, 3.63) is 51.4 Å². The monoisotopic (exact) mass is 584 g/mol. The smallest absolute Gasteiger partial charge is 0.147 e. The Balaban J connectivity index is 0.00000312. The molecule has 1 aliphatic rings. The van der Waals surface area contributed by atoms with Gasteiger partial charge >= 0.3 is 146 Å². The second-order valence-corrected chi connectivity index (χ2v) is 101. The fourth-order valence-corrected chi connectivity index (χ4v) is 33.1. The quantitative estimate of drug-likeness (QED) is 0.321. The number of benzene rings is 1. The molecule has 0 radical (unpaired) electrons. The van der Waals surface area contributed by atoms with Crippen molar-refractivity contribution in [2.24, 2.45) is 0 Å². The largest absolute Gasteiger partial charge is 0.147 e. The number of rotatable bonds is 7. The minimum absolute atomic E-state index is 0. The van der Waals surface area contributed by atoms with Crippen LogP contribution in [0.3, 0.4) is 0 Å². The van der Waals surface area contributed by atoms with Crippen molar-refractivity contribution in [1.29, 1.82) is 0 Å². The Kier molecular flexibility index (Phi) is 7.25. The molecule has 151 valence electrons. The molecule has 1 aromatic carbocycles. The molecule has 0 bridgehead atoms. The van der Waals surface area contributed by atoms with E-state index < -0.39 is 21.0 Å². The van der Waals surface area contributed by atoms with E-state index in [1.165, 1.54) is 30.5 Å². The summed E-state index contributed by atoms with van der Waals surface area (Å²) in [5.41, 5.74) is 2.77. The Morgan fingerprint density at radius 2 is 1.58 bits per heavy atom. The number of unbranched alkanes of at least 4 members (excludes halogenated alkanes) is 1. The molecule has 26 heavy (non-hydrogen) atoms. The predicted octanol–water partition coefficient (Wildman–Crippen LogP) is 7.98. The summed E-state index contributed by atoms with van der Waals surface area (Å²) in [5, 5.41) is 0. The number of aryl methyl sites for hydroxylation is 1. The van der Waals surface area contributed by atoms with Crippen molar-refractivity contribution in [3.8, 4) is 0 Å². The van der Waals surface area contributed by atoms with Crippen LogP contribution in [-0.2, 0) is 21.4 Å². The van der Waals surface area contributed by atoms with Crippen molar-refractivity contribution < 1.29 is 15.0 Å². The molecule has 0 heterocycles. The molecule has 0 aromatic heterocycles. The second-order valence-electron chi connectivity index (χ2n) is 12.0. The zero-order chi connectivity index (χ0) is 18.2. The van der Waals surface area contributed by atoms with Crippen molar-refractivity contribution in [2.45, 2.75) is 64.4 Å². The standard InChI is InChI=1S/C10H14N.C5H5.C2H7Si.4CH3.2ClH.Hf/c1-2-3-4-9-5-7-10(11)8-6-9;1-2-4-5-3-1;1-3-2;;;;;;;/h5-8,11H,2-4H2,1H3;1-3H,4H2;3H,1-2H3;4*1H3;2*1H;/q-1;;;;;;;;;+1. The Morgan fingerprint density at radius 3 is 2.00 bits per heavy atom. The van der Waals surface area contributed by atoms with Gasteiger partial charge in [-0.05, 0) is 0 Å². The number of anilines is 1. The third kappa shape index (κ3) is 4.59. The van der Waals surface area contributed by atoms with Gasteiger partial charge in [-0.15, -0.1) is 24.8 Å². The Bertz CT molecular complexity index is 707. The number of halogens is 2. The summed E-state index contributed by atoms with van der Waals surface area (Å²) in [4.78, 5) is 0. The Morgan fingerprint density at radius 1 is 1.00 bits per heavy atom. The average molecular weight is 584 g/mol. The third-order valence-corrected chi connectivity index (χ3v) is 98.7. The summed E-state index contributed by atoms with van der Waals surface area (Å²) >= 11 is -4.29. The van der Waals surface area contributed by atoms with Crippen LogP contribution in [0.15, 0.2) is 45.8 Å². The third-order valence-electron chi connectivity index (χ3n) is 7.84. The number of hydrogen-bond donors (Lipinski definition) is 1. The molecule has 0 amide bonds. The first-order valence-corrected chi connectivity index (χ1v) is 36.9. The van der Waals surface area contributed by atoms with Crippen LogP contribution in [0.1, 0.15) is 31.7 Å². The molecule has 0 atom stereocenters. The van der Waals surface area contributed by atoms with E-state index in [1.807, 2.05) is 0 Å². The molecule has 1 aromatic rings. The summed E-state index contributed by atoms with van der Waals surface area (Å²) in [6.45, 7) is 7.35. The molecule has 0 fully saturated rings. The van der Waals surface area contributed by atoms with E-state index in [-0.39, 0.29) is 24.8 Å². The van der Waals surface area contributed by atoms with E-state index in [4.69, 9.17) is 0 Å². The summed E-state index contributed by atoms with van der Waals surface area (Å²) in [7, 11) is 0. The molecule has 2 rings (SSSR count). The van der Waals surface area contributed by atoms with Crippen molar-refractivity contribution >= 4 is 36.5 Å². The number of allylic oxidation sites excluding steroid dienone is 4. The number of hydrogen-bond acceptors (Lipinski definition) is 1. The minimum Gasteiger partial charge on any atom is -0.147 e. The molecule has 0 unspecified atom stereocenters. The van der Waals surface area contributed by atoms with Crippen LogP contribution in [0.2, 0.25) is 31.8 Å². The van der Waals surface area contributed by atoms with Crippen LogP contribution in [-0.4, -0.2) is 5.98 Å². The molecule has 0 aliphatic heterocycles. The summed E-state index contributed by atoms with van der Waals surface area (Å²) in [6.07, 6.45) is 11.9. The normalized spacial score (nSPS) is 17.8. The molecular formula is C21H40Cl2HfNSi. The van der Waals surface area contributed by atoms with E-state index in [0.717, 1.165) is 6.42 Å². The first-order chi connectivity index (χ1) is 10.8. The molecule has 1 N–H and O–H groups in total. The molecule has 0 saturated heterocycles. The van der Waals surface area contributed by atoms with E-state index in [9.17, 15) is 0 Å². The van der Waals surface area contributed by atoms with Crippen molar-refractivity contribution in [3.63, 3.8) is 0 Å². The molecular weight excluding hydrogens is 544 g/mol. The first-order valence-electron chi connectivity index (χ1n) is 9.79. The van der Waals surface area contributed by atoms with Gasteiger partial charge in [-0.2, -0.15) is 0 Å². The van der Waals surface area contributed by atoms with E-state index in [2.05, 4.69) is 84.5 Å². The van der Waals surface area contributed by atoms with Crippen molar-refractivity contribution in [1.82, 2.24) is 0 Å². The topological polar surface area (TPSA) is 12.0 Å². The first kappa shape index (κ1) is 26.2. The van der Waals surface area contributed by atoms with Crippen LogP contribution in [0.5, 0.6) is 0 Å². The average Bonchev–Trinajstić information content (AvgIpc) is 3.02. The van der Waals surface area contributed by atoms with Gasteiger partial charge in [-0.1, -0.05) is 0 Å².